The van der Waals surface area contributed by atoms with E-state index in [-0.39, 0.29) is 18.0 Å². The van der Waals surface area contributed by atoms with Crippen LogP contribution in [0.15, 0.2) is 67.0 Å². The highest BCUT2D eigenvalue weighted by molar-refractivity contribution is 5.73. The molecule has 2 fully saturated rings. The molecule has 0 spiro atoms. The van der Waals surface area contributed by atoms with Crippen molar-refractivity contribution in [2.45, 2.75) is 45.3 Å². The Morgan fingerprint density at radius 2 is 1.79 bits per heavy atom. The molecule has 0 aliphatic carbocycles. The molecule has 0 radical (unpaired) electrons. The first-order chi connectivity index (χ1) is 20.6. The standard InChI is InChI=1S/C32H36N8O2/c1-22-4-2-6-27(36-22)31-35-16-13-29(39-31)37-28-12-15-34-30(38-28)18-23-7-9-24(10-8-23)20-40-17-3-5-25(21-40)32(41)42-26-11-14-33-19-26/h2,4,6-10,12-13,15-16,25-26,33H,3,5,11,14,17-21H2,1H3,(H,34,35,37,38,39)/t25?,26-/m0/s1. The highest BCUT2D eigenvalue weighted by Crippen LogP contribution is 2.22. The minimum Gasteiger partial charge on any atom is -0.461 e. The van der Waals surface area contributed by atoms with Crippen molar-refractivity contribution >= 4 is 17.6 Å². The van der Waals surface area contributed by atoms with Crippen molar-refractivity contribution in [3.05, 3.63) is 89.6 Å². The smallest absolute Gasteiger partial charge is 0.310 e. The molecule has 42 heavy (non-hydrogen) atoms. The highest BCUT2D eigenvalue weighted by Gasteiger charge is 2.29. The van der Waals surface area contributed by atoms with Gasteiger partial charge in [-0.25, -0.2) is 24.9 Å². The molecule has 3 aromatic heterocycles. The first-order valence-electron chi connectivity index (χ1n) is 14.6. The van der Waals surface area contributed by atoms with Gasteiger partial charge in [0, 0.05) is 44.1 Å². The number of pyridine rings is 1. The van der Waals surface area contributed by atoms with Crippen molar-refractivity contribution in [3.8, 4) is 11.5 Å². The number of benzene rings is 1. The van der Waals surface area contributed by atoms with Gasteiger partial charge in [0.2, 0.25) is 0 Å². The molecular weight excluding hydrogens is 528 g/mol. The minimum atomic E-state index is -0.0380. The number of nitrogens with zero attached hydrogens (tertiary/aromatic N) is 6. The predicted octanol–water partition coefficient (Wildman–Crippen LogP) is 4.09. The van der Waals surface area contributed by atoms with Crippen molar-refractivity contribution in [3.63, 3.8) is 0 Å². The lowest BCUT2D eigenvalue weighted by molar-refractivity contribution is -0.155. The number of carbonyl (C=O) groups excluding carboxylic acids is 1. The molecule has 0 saturated carbocycles. The molecule has 2 aliphatic rings. The van der Waals surface area contributed by atoms with Gasteiger partial charge in [0.15, 0.2) is 5.82 Å². The van der Waals surface area contributed by atoms with E-state index in [2.05, 4.69) is 59.7 Å². The molecule has 216 valence electrons. The highest BCUT2D eigenvalue weighted by atomic mass is 16.5. The largest absolute Gasteiger partial charge is 0.461 e. The van der Waals surface area contributed by atoms with Crippen molar-refractivity contribution in [2.24, 2.45) is 5.92 Å². The number of aryl methyl sites for hydroxylation is 1. The van der Waals surface area contributed by atoms with Crippen LogP contribution in [0.5, 0.6) is 0 Å². The Morgan fingerprint density at radius 1 is 0.976 bits per heavy atom. The number of aromatic nitrogens is 5. The molecule has 0 bridgehead atoms. The van der Waals surface area contributed by atoms with Gasteiger partial charge in [-0.15, -0.1) is 0 Å². The molecule has 10 nitrogen and oxygen atoms in total. The summed E-state index contributed by atoms with van der Waals surface area (Å²) in [6.45, 7) is 6.22. The summed E-state index contributed by atoms with van der Waals surface area (Å²) >= 11 is 0. The molecular formula is C32H36N8O2. The van der Waals surface area contributed by atoms with Crippen molar-refractivity contribution in [2.75, 3.05) is 31.5 Å². The second-order valence-electron chi connectivity index (χ2n) is 11.0. The third kappa shape index (κ3) is 7.32. The van der Waals surface area contributed by atoms with Gasteiger partial charge in [-0.05, 0) is 74.7 Å². The summed E-state index contributed by atoms with van der Waals surface area (Å²) in [6.07, 6.45) is 6.95. The normalized spacial score (nSPS) is 19.0. The lowest BCUT2D eigenvalue weighted by atomic mass is 9.97. The number of piperidine rings is 1. The zero-order chi connectivity index (χ0) is 28.7. The first-order valence-corrected chi connectivity index (χ1v) is 14.6. The van der Waals surface area contributed by atoms with Gasteiger partial charge < -0.3 is 15.4 Å². The zero-order valence-electron chi connectivity index (χ0n) is 23.9. The minimum absolute atomic E-state index is 0.0302. The average Bonchev–Trinajstić information content (AvgIpc) is 3.52. The van der Waals surface area contributed by atoms with Gasteiger partial charge >= 0.3 is 5.97 Å². The Labute approximate surface area is 246 Å². The summed E-state index contributed by atoms with van der Waals surface area (Å²) in [5.74, 6) is 2.51. The fourth-order valence-corrected chi connectivity index (χ4v) is 5.49. The maximum Gasteiger partial charge on any atom is 0.310 e. The third-order valence-electron chi connectivity index (χ3n) is 7.66. The molecule has 2 atom stereocenters. The molecule has 6 rings (SSSR count). The number of rotatable bonds is 9. The number of esters is 1. The average molecular weight is 565 g/mol. The second-order valence-corrected chi connectivity index (χ2v) is 11.0. The van der Waals surface area contributed by atoms with Crippen LogP contribution in [0, 0.1) is 12.8 Å². The number of anilines is 2. The van der Waals surface area contributed by atoms with E-state index in [1.165, 1.54) is 5.56 Å². The summed E-state index contributed by atoms with van der Waals surface area (Å²) in [7, 11) is 0. The summed E-state index contributed by atoms with van der Waals surface area (Å²) in [6, 6.07) is 18.0. The summed E-state index contributed by atoms with van der Waals surface area (Å²) in [5.41, 5.74) is 4.01. The Balaban J connectivity index is 1.03. The molecule has 5 heterocycles. The van der Waals surface area contributed by atoms with Crippen molar-refractivity contribution < 1.29 is 9.53 Å². The van der Waals surface area contributed by atoms with Crippen LogP contribution in [0.25, 0.3) is 11.5 Å². The van der Waals surface area contributed by atoms with E-state index in [9.17, 15) is 4.79 Å². The first kappa shape index (κ1) is 27.9. The Kier molecular flexibility index (Phi) is 8.72. The number of carbonyl (C=O) groups is 1. The van der Waals surface area contributed by atoms with Crippen LogP contribution in [0.3, 0.4) is 0 Å². The van der Waals surface area contributed by atoms with E-state index in [1.807, 2.05) is 31.2 Å². The molecule has 0 amide bonds. The van der Waals surface area contributed by atoms with E-state index in [4.69, 9.17) is 9.72 Å². The third-order valence-corrected chi connectivity index (χ3v) is 7.66. The monoisotopic (exact) mass is 564 g/mol. The van der Waals surface area contributed by atoms with Crippen LogP contribution in [-0.4, -0.2) is 68.1 Å². The van der Waals surface area contributed by atoms with Gasteiger partial charge in [-0.1, -0.05) is 30.3 Å². The fraction of sp³-hybridized carbons (Fsp3) is 0.375. The van der Waals surface area contributed by atoms with Gasteiger partial charge in [0.25, 0.3) is 0 Å². The van der Waals surface area contributed by atoms with Crippen molar-refractivity contribution in [1.29, 1.82) is 0 Å². The van der Waals surface area contributed by atoms with E-state index in [0.29, 0.717) is 23.9 Å². The second kappa shape index (κ2) is 13.1. The number of hydrogen-bond acceptors (Lipinski definition) is 10. The van der Waals surface area contributed by atoms with Crippen LogP contribution in [0.2, 0.25) is 0 Å². The maximum atomic E-state index is 12.7. The maximum absolute atomic E-state index is 12.7. The van der Waals surface area contributed by atoms with Gasteiger partial charge in [-0.3, -0.25) is 9.69 Å². The SMILES string of the molecule is Cc1cccc(-c2nccc(Nc3ccnc(Cc4ccc(CN5CCCC(C(=O)O[C@H]6CCNC6)C5)cc4)n3)n2)n1. The zero-order valence-corrected chi connectivity index (χ0v) is 23.9. The van der Waals surface area contributed by atoms with Crippen LogP contribution in [0.4, 0.5) is 11.6 Å². The van der Waals surface area contributed by atoms with E-state index in [0.717, 1.165) is 74.8 Å². The molecule has 2 aliphatic heterocycles. The van der Waals surface area contributed by atoms with E-state index < -0.39 is 0 Å². The lowest BCUT2D eigenvalue weighted by Gasteiger charge is -2.32. The number of ether oxygens (including phenoxy) is 1. The predicted molar refractivity (Wildman–Crippen MR) is 160 cm³/mol. The molecule has 4 aromatic rings. The molecule has 2 saturated heterocycles. The van der Waals surface area contributed by atoms with Crippen LogP contribution in [-0.2, 0) is 22.5 Å². The Bertz CT molecular complexity index is 1510. The van der Waals surface area contributed by atoms with Crippen molar-refractivity contribution in [1.82, 2.24) is 35.1 Å². The Hall–Kier alpha value is -4.28. The van der Waals surface area contributed by atoms with Crippen LogP contribution >= 0.6 is 0 Å². The molecule has 10 heteroatoms. The number of likely N-dealkylation sites (tertiary alicyclic amines) is 1. The summed E-state index contributed by atoms with van der Waals surface area (Å²) in [4.78, 5) is 37.7. The quantitative estimate of drug-likeness (QED) is 0.288. The number of nitrogens with one attached hydrogen (secondary N) is 2. The lowest BCUT2D eigenvalue weighted by Crippen LogP contribution is -2.40. The van der Waals surface area contributed by atoms with Crippen LogP contribution in [0.1, 0.15) is 41.9 Å². The van der Waals surface area contributed by atoms with Crippen LogP contribution < -0.4 is 10.6 Å². The van der Waals surface area contributed by atoms with Gasteiger partial charge in [0.05, 0.1) is 5.92 Å². The summed E-state index contributed by atoms with van der Waals surface area (Å²) in [5, 5.41) is 6.53. The van der Waals surface area contributed by atoms with E-state index in [1.54, 1.807) is 18.5 Å². The van der Waals surface area contributed by atoms with Gasteiger partial charge in [0.1, 0.15) is 29.3 Å². The number of hydrogen-bond donors (Lipinski definition) is 2. The van der Waals surface area contributed by atoms with E-state index >= 15 is 0 Å². The molecule has 2 N–H and O–H groups in total. The summed E-state index contributed by atoms with van der Waals surface area (Å²) < 4.78 is 5.74. The van der Waals surface area contributed by atoms with Gasteiger partial charge in [-0.2, -0.15) is 0 Å². The Morgan fingerprint density at radius 3 is 2.60 bits per heavy atom. The molecule has 1 unspecified atom stereocenters. The topological polar surface area (TPSA) is 118 Å². The fourth-order valence-electron chi connectivity index (χ4n) is 5.49. The molecule has 1 aromatic carbocycles.